The normalized spacial score (nSPS) is 12.8. The molecule has 0 fully saturated rings. The van der Waals surface area contributed by atoms with Crippen molar-refractivity contribution < 1.29 is 4.79 Å². The van der Waals surface area contributed by atoms with Gasteiger partial charge in [-0.05, 0) is 31.7 Å². The largest absolute Gasteiger partial charge is 0.332 e. The first-order valence-corrected chi connectivity index (χ1v) is 7.57. The molecule has 3 heteroatoms. The molecule has 0 heterocycles. The van der Waals surface area contributed by atoms with Gasteiger partial charge in [0, 0.05) is 6.04 Å². The monoisotopic (exact) mass is 298 g/mol. The molecule has 0 spiro atoms. The van der Waals surface area contributed by atoms with E-state index in [0.29, 0.717) is 0 Å². The molecule has 1 aromatic carbocycles. The summed E-state index contributed by atoms with van der Waals surface area (Å²) in [7, 11) is 0. The van der Waals surface area contributed by atoms with Gasteiger partial charge in [0.15, 0.2) is 0 Å². The second-order valence-corrected chi connectivity index (χ2v) is 5.36. The van der Waals surface area contributed by atoms with Crippen molar-refractivity contribution in [2.75, 3.05) is 0 Å². The summed E-state index contributed by atoms with van der Waals surface area (Å²) in [5.74, 6) is 0. The molecular weight excluding hydrogens is 272 g/mol. The van der Waals surface area contributed by atoms with Gasteiger partial charge in [0.2, 0.25) is 0 Å². The van der Waals surface area contributed by atoms with Crippen LogP contribution in [0.1, 0.15) is 24.0 Å². The molecule has 0 aromatic heterocycles. The van der Waals surface area contributed by atoms with Crippen molar-refractivity contribution in [3.63, 3.8) is 0 Å². The molecule has 1 rings (SSSR count). The van der Waals surface area contributed by atoms with Gasteiger partial charge < -0.3 is 10.6 Å². The van der Waals surface area contributed by atoms with Crippen molar-refractivity contribution in [1.29, 1.82) is 0 Å². The van der Waals surface area contributed by atoms with E-state index in [1.807, 2.05) is 6.08 Å². The van der Waals surface area contributed by atoms with Gasteiger partial charge in [-0.25, -0.2) is 4.79 Å². The van der Waals surface area contributed by atoms with Gasteiger partial charge in [-0.3, -0.25) is 0 Å². The van der Waals surface area contributed by atoms with Crippen molar-refractivity contribution in [1.82, 2.24) is 10.6 Å². The topological polar surface area (TPSA) is 41.1 Å². The third kappa shape index (κ3) is 6.44. The quantitative estimate of drug-likeness (QED) is 0.667. The Hall–Kier alpha value is -2.29. The number of carbonyl (C=O) groups is 1. The Balaban J connectivity index is 2.52. The van der Waals surface area contributed by atoms with Crippen LogP contribution in [0.3, 0.4) is 0 Å². The Labute approximate surface area is 133 Å². The molecule has 2 atom stereocenters. The Bertz CT molecular complexity index is 505. The van der Waals surface area contributed by atoms with Gasteiger partial charge in [-0.2, -0.15) is 0 Å². The Morgan fingerprint density at radius 1 is 1.09 bits per heavy atom. The highest BCUT2D eigenvalue weighted by Crippen LogP contribution is 2.07. The van der Waals surface area contributed by atoms with E-state index in [9.17, 15) is 4.79 Å². The van der Waals surface area contributed by atoms with E-state index in [0.717, 1.165) is 19.3 Å². The molecule has 118 valence electrons. The summed E-state index contributed by atoms with van der Waals surface area (Å²) < 4.78 is 0. The summed E-state index contributed by atoms with van der Waals surface area (Å²) in [6.45, 7) is 13.3. The SMILES string of the molecule is C=CCCC(C=C)NC(=O)NC(C=C)Cc1ccc(C)cc1. The van der Waals surface area contributed by atoms with E-state index in [1.54, 1.807) is 12.2 Å². The molecule has 0 aliphatic rings. The van der Waals surface area contributed by atoms with Crippen LogP contribution < -0.4 is 10.6 Å². The Kier molecular flexibility index (Phi) is 7.76. The number of rotatable bonds is 9. The van der Waals surface area contributed by atoms with Gasteiger partial charge in [0.05, 0.1) is 6.04 Å². The van der Waals surface area contributed by atoms with Crippen LogP contribution in [0.4, 0.5) is 4.79 Å². The summed E-state index contributed by atoms with van der Waals surface area (Å²) in [5, 5.41) is 5.83. The van der Waals surface area contributed by atoms with Crippen molar-refractivity contribution in [3.8, 4) is 0 Å². The van der Waals surface area contributed by atoms with Crippen LogP contribution in [0.2, 0.25) is 0 Å². The highest BCUT2D eigenvalue weighted by molar-refractivity contribution is 5.75. The highest BCUT2D eigenvalue weighted by atomic mass is 16.2. The molecule has 0 aliphatic heterocycles. The lowest BCUT2D eigenvalue weighted by molar-refractivity contribution is 0.236. The second kappa shape index (κ2) is 9.61. The molecule has 0 radical (unpaired) electrons. The van der Waals surface area contributed by atoms with Crippen LogP contribution in [0, 0.1) is 6.92 Å². The molecule has 22 heavy (non-hydrogen) atoms. The summed E-state index contributed by atoms with van der Waals surface area (Å²) >= 11 is 0. The maximum absolute atomic E-state index is 12.0. The summed E-state index contributed by atoms with van der Waals surface area (Å²) in [4.78, 5) is 12.0. The molecule has 1 aromatic rings. The zero-order valence-corrected chi connectivity index (χ0v) is 13.3. The number of urea groups is 1. The average Bonchev–Trinajstić information content (AvgIpc) is 2.52. The van der Waals surface area contributed by atoms with Crippen LogP contribution in [-0.4, -0.2) is 18.1 Å². The molecule has 0 saturated carbocycles. The first kappa shape index (κ1) is 17.8. The molecule has 2 unspecified atom stereocenters. The van der Waals surface area contributed by atoms with Gasteiger partial charge >= 0.3 is 6.03 Å². The maximum atomic E-state index is 12.0. The molecule has 2 N–H and O–H groups in total. The third-order valence-corrected chi connectivity index (χ3v) is 3.46. The number of hydrogen-bond donors (Lipinski definition) is 2. The van der Waals surface area contributed by atoms with E-state index in [4.69, 9.17) is 0 Å². The molecule has 3 nitrogen and oxygen atoms in total. The highest BCUT2D eigenvalue weighted by Gasteiger charge is 2.12. The zero-order chi connectivity index (χ0) is 16.4. The number of carbonyl (C=O) groups excluding carboxylic acids is 1. The molecule has 2 amide bonds. The number of hydrogen-bond acceptors (Lipinski definition) is 1. The van der Waals surface area contributed by atoms with Crippen LogP contribution in [0.15, 0.2) is 62.2 Å². The predicted octanol–water partition coefficient (Wildman–Crippen LogP) is 3.91. The Morgan fingerprint density at radius 3 is 2.23 bits per heavy atom. The lowest BCUT2D eigenvalue weighted by Crippen LogP contribution is -2.45. The summed E-state index contributed by atoms with van der Waals surface area (Å²) in [6.07, 6.45) is 7.70. The van der Waals surface area contributed by atoms with Gasteiger partial charge in [0.25, 0.3) is 0 Å². The lowest BCUT2D eigenvalue weighted by Gasteiger charge is -2.19. The van der Waals surface area contributed by atoms with E-state index in [-0.39, 0.29) is 18.1 Å². The van der Waals surface area contributed by atoms with E-state index < -0.39 is 0 Å². The number of amides is 2. The Morgan fingerprint density at radius 2 is 1.68 bits per heavy atom. The van der Waals surface area contributed by atoms with E-state index >= 15 is 0 Å². The van der Waals surface area contributed by atoms with Gasteiger partial charge in [0.1, 0.15) is 0 Å². The molecule has 0 bridgehead atoms. The maximum Gasteiger partial charge on any atom is 0.315 e. The molecule has 0 aliphatic carbocycles. The fraction of sp³-hybridized carbons (Fsp3) is 0.316. The van der Waals surface area contributed by atoms with Crippen LogP contribution in [0.5, 0.6) is 0 Å². The first-order chi connectivity index (χ1) is 10.6. The van der Waals surface area contributed by atoms with Crippen LogP contribution >= 0.6 is 0 Å². The molecule has 0 saturated heterocycles. The third-order valence-electron chi connectivity index (χ3n) is 3.46. The average molecular weight is 298 g/mol. The van der Waals surface area contributed by atoms with Crippen LogP contribution in [0.25, 0.3) is 0 Å². The number of benzene rings is 1. The predicted molar refractivity (Wildman–Crippen MR) is 94.0 cm³/mol. The fourth-order valence-corrected chi connectivity index (χ4v) is 2.10. The minimum atomic E-state index is -0.203. The van der Waals surface area contributed by atoms with Crippen molar-refractivity contribution in [3.05, 3.63) is 73.4 Å². The van der Waals surface area contributed by atoms with Gasteiger partial charge in [-0.15, -0.1) is 19.7 Å². The second-order valence-electron chi connectivity index (χ2n) is 5.36. The van der Waals surface area contributed by atoms with E-state index in [2.05, 4.69) is 61.6 Å². The first-order valence-electron chi connectivity index (χ1n) is 7.57. The van der Waals surface area contributed by atoms with Crippen LogP contribution in [-0.2, 0) is 6.42 Å². The van der Waals surface area contributed by atoms with E-state index in [1.165, 1.54) is 11.1 Å². The minimum absolute atomic E-state index is 0.0529. The summed E-state index contributed by atoms with van der Waals surface area (Å²) in [6, 6.07) is 7.92. The summed E-state index contributed by atoms with van der Waals surface area (Å²) in [5.41, 5.74) is 2.39. The minimum Gasteiger partial charge on any atom is -0.332 e. The number of aryl methyl sites for hydroxylation is 1. The smallest absolute Gasteiger partial charge is 0.315 e. The standard InChI is InChI=1S/C19H26N2O/c1-5-8-9-17(6-2)20-19(22)21-18(7-3)14-16-12-10-15(4)11-13-16/h5-7,10-13,17-18H,1-3,8-9,14H2,4H3,(H2,20,21,22). The fourth-order valence-electron chi connectivity index (χ4n) is 2.10. The van der Waals surface area contributed by atoms with Crippen molar-refractivity contribution >= 4 is 6.03 Å². The van der Waals surface area contributed by atoms with Crippen molar-refractivity contribution in [2.24, 2.45) is 0 Å². The number of nitrogens with one attached hydrogen (secondary N) is 2. The van der Waals surface area contributed by atoms with Gasteiger partial charge in [-0.1, -0.05) is 48.1 Å². The number of allylic oxidation sites excluding steroid dienone is 1. The molecular formula is C19H26N2O. The van der Waals surface area contributed by atoms with Crippen molar-refractivity contribution in [2.45, 2.75) is 38.3 Å². The zero-order valence-electron chi connectivity index (χ0n) is 13.3. The lowest BCUT2D eigenvalue weighted by atomic mass is 10.0.